The first-order valence-electron chi connectivity index (χ1n) is 6.91. The van der Waals surface area contributed by atoms with Crippen LogP contribution in [0.15, 0.2) is 12.1 Å². The molecule has 2 heterocycles. The first kappa shape index (κ1) is 15.2. The van der Waals surface area contributed by atoms with Gasteiger partial charge < -0.3 is 15.3 Å². The van der Waals surface area contributed by atoms with Crippen LogP contribution in [0.1, 0.15) is 25.1 Å². The third-order valence-corrected chi connectivity index (χ3v) is 4.03. The molecule has 112 valence electrons. The average Bonchev–Trinajstić information content (AvgIpc) is 2.83. The van der Waals surface area contributed by atoms with Crippen LogP contribution in [0.25, 0.3) is 0 Å². The summed E-state index contributed by atoms with van der Waals surface area (Å²) in [5, 5.41) is 28.5. The molecule has 6 heteroatoms. The van der Waals surface area contributed by atoms with E-state index in [1.807, 2.05) is 0 Å². The largest absolute Gasteiger partial charge is 0.504 e. The van der Waals surface area contributed by atoms with Crippen molar-refractivity contribution >= 4 is 0 Å². The summed E-state index contributed by atoms with van der Waals surface area (Å²) in [6, 6.07) is 2.61. The van der Waals surface area contributed by atoms with Crippen LogP contribution in [-0.4, -0.2) is 51.4 Å². The van der Waals surface area contributed by atoms with Crippen LogP contribution in [0.3, 0.4) is 0 Å². The van der Waals surface area contributed by atoms with Crippen LogP contribution in [0, 0.1) is 17.8 Å². The smallest absolute Gasteiger partial charge is 0.255 e. The quantitative estimate of drug-likeness (QED) is 0.701. The van der Waals surface area contributed by atoms with Crippen molar-refractivity contribution in [2.24, 2.45) is 11.8 Å². The second-order valence-corrected chi connectivity index (χ2v) is 5.39. The Balaban J connectivity index is 1.98. The highest BCUT2D eigenvalue weighted by molar-refractivity contribution is 5.21. The molecule has 20 heavy (non-hydrogen) atoms. The Morgan fingerprint density at radius 3 is 2.65 bits per heavy atom. The van der Waals surface area contributed by atoms with E-state index >= 15 is 0 Å². The van der Waals surface area contributed by atoms with Crippen molar-refractivity contribution in [3.8, 4) is 5.75 Å². The molecule has 1 saturated heterocycles. The van der Waals surface area contributed by atoms with Gasteiger partial charge in [-0.3, -0.25) is 4.90 Å². The molecule has 1 aliphatic heterocycles. The van der Waals surface area contributed by atoms with Gasteiger partial charge in [0.25, 0.3) is 5.95 Å². The topological polar surface area (TPSA) is 76.8 Å². The van der Waals surface area contributed by atoms with Gasteiger partial charge in [-0.25, -0.2) is 4.98 Å². The molecule has 1 aromatic rings. The van der Waals surface area contributed by atoms with E-state index < -0.39 is 17.8 Å². The van der Waals surface area contributed by atoms with Gasteiger partial charge in [-0.1, -0.05) is 13.3 Å². The zero-order chi connectivity index (χ0) is 14.7. The standard InChI is InChI=1S/C14H21FN2O3/c1-2-9-5-17(6-10(9)8-18)7-13(20)11-3-4-12(19)14(15)16-11/h3-4,9-10,13,18-20H,2,5-8H2,1H3. The number of nitrogens with zero attached hydrogens (tertiary/aromatic N) is 2. The van der Waals surface area contributed by atoms with E-state index in [1.54, 1.807) is 0 Å². The number of rotatable bonds is 5. The predicted octanol–water partition coefficient (Wildman–Crippen LogP) is 0.910. The summed E-state index contributed by atoms with van der Waals surface area (Å²) in [7, 11) is 0. The number of halogens is 1. The van der Waals surface area contributed by atoms with Gasteiger partial charge in [0.15, 0.2) is 5.75 Å². The van der Waals surface area contributed by atoms with Crippen molar-refractivity contribution in [3.05, 3.63) is 23.8 Å². The zero-order valence-corrected chi connectivity index (χ0v) is 11.5. The first-order chi connectivity index (χ1) is 9.55. The van der Waals surface area contributed by atoms with E-state index in [0.717, 1.165) is 19.5 Å². The molecule has 3 atom stereocenters. The Hall–Kier alpha value is -1.24. The van der Waals surface area contributed by atoms with Gasteiger partial charge >= 0.3 is 0 Å². The minimum absolute atomic E-state index is 0.150. The molecule has 0 radical (unpaired) electrons. The molecule has 0 bridgehead atoms. The van der Waals surface area contributed by atoms with E-state index in [1.165, 1.54) is 12.1 Å². The van der Waals surface area contributed by atoms with Crippen molar-refractivity contribution in [1.82, 2.24) is 9.88 Å². The summed E-state index contributed by atoms with van der Waals surface area (Å²) in [4.78, 5) is 5.61. The molecule has 0 amide bonds. The van der Waals surface area contributed by atoms with Crippen molar-refractivity contribution < 1.29 is 19.7 Å². The normalized spacial score (nSPS) is 25.0. The van der Waals surface area contributed by atoms with Gasteiger partial charge in [0.2, 0.25) is 0 Å². The number of β-amino-alcohol motifs (C(OH)–C–C–N with tert-alkyl or cyclic N) is 1. The zero-order valence-electron chi connectivity index (χ0n) is 11.5. The third-order valence-electron chi connectivity index (χ3n) is 4.03. The van der Waals surface area contributed by atoms with Gasteiger partial charge in [-0.05, 0) is 24.0 Å². The molecule has 0 aliphatic carbocycles. The number of hydrogen-bond donors (Lipinski definition) is 3. The highest BCUT2D eigenvalue weighted by Crippen LogP contribution is 2.27. The Kier molecular flexibility index (Phi) is 4.91. The monoisotopic (exact) mass is 284 g/mol. The highest BCUT2D eigenvalue weighted by atomic mass is 19.1. The van der Waals surface area contributed by atoms with E-state index in [2.05, 4.69) is 16.8 Å². The van der Waals surface area contributed by atoms with Crippen LogP contribution in [0.5, 0.6) is 5.75 Å². The number of aliphatic hydroxyl groups is 2. The lowest BCUT2D eigenvalue weighted by atomic mass is 9.95. The Morgan fingerprint density at radius 1 is 1.40 bits per heavy atom. The summed E-state index contributed by atoms with van der Waals surface area (Å²) in [6.07, 6.45) is 0.0873. The van der Waals surface area contributed by atoms with Crippen molar-refractivity contribution in [3.63, 3.8) is 0 Å². The number of aliphatic hydroxyl groups excluding tert-OH is 2. The van der Waals surface area contributed by atoms with Gasteiger partial charge in [-0.2, -0.15) is 4.39 Å². The summed E-state index contributed by atoms with van der Waals surface area (Å²) < 4.78 is 13.2. The Morgan fingerprint density at radius 2 is 2.10 bits per heavy atom. The fourth-order valence-corrected chi connectivity index (χ4v) is 2.82. The summed E-state index contributed by atoms with van der Waals surface area (Å²) in [5.41, 5.74) is 0.209. The van der Waals surface area contributed by atoms with Gasteiger partial charge in [-0.15, -0.1) is 0 Å². The average molecular weight is 284 g/mol. The van der Waals surface area contributed by atoms with E-state index in [9.17, 15) is 14.6 Å². The molecule has 1 aliphatic rings. The Bertz CT molecular complexity index is 446. The lowest BCUT2D eigenvalue weighted by molar-refractivity contribution is 0.116. The summed E-state index contributed by atoms with van der Waals surface area (Å²) >= 11 is 0. The lowest BCUT2D eigenvalue weighted by Gasteiger charge is -2.19. The van der Waals surface area contributed by atoms with Gasteiger partial charge in [0.05, 0.1) is 5.69 Å². The van der Waals surface area contributed by atoms with Crippen LogP contribution in [0.2, 0.25) is 0 Å². The predicted molar refractivity (Wildman–Crippen MR) is 71.6 cm³/mol. The molecule has 3 N–H and O–H groups in total. The maximum absolute atomic E-state index is 13.2. The fraction of sp³-hybridized carbons (Fsp3) is 0.643. The minimum atomic E-state index is -0.970. The van der Waals surface area contributed by atoms with Crippen molar-refractivity contribution in [2.45, 2.75) is 19.4 Å². The number of hydrogen-bond acceptors (Lipinski definition) is 5. The van der Waals surface area contributed by atoms with E-state index in [4.69, 9.17) is 5.11 Å². The minimum Gasteiger partial charge on any atom is -0.504 e. The SMILES string of the molecule is CCC1CN(CC(O)c2ccc(O)c(F)n2)CC1CO. The molecule has 3 unspecified atom stereocenters. The number of pyridine rings is 1. The first-order valence-corrected chi connectivity index (χ1v) is 6.91. The highest BCUT2D eigenvalue weighted by Gasteiger charge is 2.32. The molecular weight excluding hydrogens is 263 g/mol. The summed E-state index contributed by atoms with van der Waals surface area (Å²) in [5.74, 6) is -0.829. The molecule has 2 rings (SSSR count). The number of aromatic hydroxyl groups is 1. The molecule has 1 aromatic heterocycles. The maximum atomic E-state index is 13.2. The molecular formula is C14H21FN2O3. The van der Waals surface area contributed by atoms with Gasteiger partial charge in [0.1, 0.15) is 6.10 Å². The number of likely N-dealkylation sites (tertiary alicyclic amines) is 1. The third kappa shape index (κ3) is 3.26. The number of aromatic nitrogens is 1. The van der Waals surface area contributed by atoms with Crippen LogP contribution < -0.4 is 0 Å². The molecule has 1 fully saturated rings. The van der Waals surface area contributed by atoms with Crippen LogP contribution >= 0.6 is 0 Å². The maximum Gasteiger partial charge on any atom is 0.255 e. The molecule has 5 nitrogen and oxygen atoms in total. The van der Waals surface area contributed by atoms with Crippen LogP contribution in [-0.2, 0) is 0 Å². The Labute approximate surface area is 117 Å². The second kappa shape index (κ2) is 6.47. The van der Waals surface area contributed by atoms with Crippen molar-refractivity contribution in [1.29, 1.82) is 0 Å². The van der Waals surface area contributed by atoms with Crippen molar-refractivity contribution in [2.75, 3.05) is 26.2 Å². The fourth-order valence-electron chi connectivity index (χ4n) is 2.82. The lowest BCUT2D eigenvalue weighted by Crippen LogP contribution is -2.27. The molecule has 0 spiro atoms. The summed E-state index contributed by atoms with van der Waals surface area (Å²) in [6.45, 7) is 4.14. The van der Waals surface area contributed by atoms with E-state index in [0.29, 0.717) is 12.5 Å². The van der Waals surface area contributed by atoms with Crippen LogP contribution in [0.4, 0.5) is 4.39 Å². The second-order valence-electron chi connectivity index (χ2n) is 5.39. The van der Waals surface area contributed by atoms with Gasteiger partial charge in [0, 0.05) is 26.2 Å². The molecule has 0 aromatic carbocycles. The molecule has 0 saturated carbocycles. The van der Waals surface area contributed by atoms with E-state index in [-0.39, 0.29) is 18.2 Å².